The van der Waals surface area contributed by atoms with Gasteiger partial charge in [0.05, 0.1) is 11.4 Å². The van der Waals surface area contributed by atoms with Crippen molar-refractivity contribution in [3.8, 4) is 11.8 Å². The van der Waals surface area contributed by atoms with Gasteiger partial charge >= 0.3 is 0 Å². The van der Waals surface area contributed by atoms with Gasteiger partial charge in [0.25, 0.3) is 0 Å². The van der Waals surface area contributed by atoms with Crippen LogP contribution in [0.5, 0.6) is 0 Å². The SMILES string of the molecule is NCC#Cc1ccc(S(=O)(=O)NCC2CCSCC2)cc1. The Morgan fingerprint density at radius 2 is 1.90 bits per heavy atom. The highest BCUT2D eigenvalue weighted by Gasteiger charge is 2.18. The lowest BCUT2D eigenvalue weighted by atomic mass is 10.0. The predicted octanol–water partition coefficient (Wildman–Crippen LogP) is 1.42. The first kappa shape index (κ1) is 16.4. The second kappa shape index (κ2) is 7.85. The van der Waals surface area contributed by atoms with Crippen molar-refractivity contribution in [1.29, 1.82) is 0 Å². The van der Waals surface area contributed by atoms with Crippen LogP contribution in [0.15, 0.2) is 29.2 Å². The minimum Gasteiger partial charge on any atom is -0.320 e. The molecule has 1 aliphatic heterocycles. The monoisotopic (exact) mass is 324 g/mol. The van der Waals surface area contributed by atoms with Crippen LogP contribution in [0.3, 0.4) is 0 Å². The van der Waals surface area contributed by atoms with Gasteiger partial charge in [0.2, 0.25) is 10.0 Å². The van der Waals surface area contributed by atoms with Crippen LogP contribution in [0.4, 0.5) is 0 Å². The maximum atomic E-state index is 12.2. The summed E-state index contributed by atoms with van der Waals surface area (Å²) in [6, 6.07) is 6.57. The van der Waals surface area contributed by atoms with Crippen LogP contribution in [0.25, 0.3) is 0 Å². The van der Waals surface area contributed by atoms with Gasteiger partial charge in [-0.25, -0.2) is 13.1 Å². The molecule has 6 heteroatoms. The van der Waals surface area contributed by atoms with E-state index in [-0.39, 0.29) is 4.90 Å². The lowest BCUT2D eigenvalue weighted by molar-refractivity contribution is 0.476. The van der Waals surface area contributed by atoms with Crippen molar-refractivity contribution in [2.75, 3.05) is 24.6 Å². The summed E-state index contributed by atoms with van der Waals surface area (Å²) in [5.74, 6) is 8.32. The molecule has 0 unspecified atom stereocenters. The Balaban J connectivity index is 1.98. The number of sulfonamides is 1. The van der Waals surface area contributed by atoms with E-state index in [2.05, 4.69) is 16.6 Å². The van der Waals surface area contributed by atoms with Gasteiger partial charge in [0.15, 0.2) is 0 Å². The average molecular weight is 324 g/mol. The highest BCUT2D eigenvalue weighted by atomic mass is 32.2. The molecule has 0 saturated carbocycles. The number of nitrogens with two attached hydrogens (primary N) is 1. The van der Waals surface area contributed by atoms with Crippen LogP contribution >= 0.6 is 11.8 Å². The Hall–Kier alpha value is -1.00. The minimum atomic E-state index is -3.43. The number of hydrogen-bond donors (Lipinski definition) is 2. The molecule has 21 heavy (non-hydrogen) atoms. The van der Waals surface area contributed by atoms with Crippen molar-refractivity contribution in [3.63, 3.8) is 0 Å². The molecule has 0 aromatic heterocycles. The summed E-state index contributed by atoms with van der Waals surface area (Å²) in [5, 5.41) is 0. The zero-order valence-corrected chi connectivity index (χ0v) is 13.5. The molecule has 2 rings (SSSR count). The Morgan fingerprint density at radius 1 is 1.24 bits per heavy atom. The summed E-state index contributed by atoms with van der Waals surface area (Å²) < 4.78 is 27.2. The van der Waals surface area contributed by atoms with E-state index in [4.69, 9.17) is 5.73 Å². The smallest absolute Gasteiger partial charge is 0.240 e. The second-order valence-electron chi connectivity index (χ2n) is 4.94. The normalized spacial score (nSPS) is 16.2. The topological polar surface area (TPSA) is 72.2 Å². The fourth-order valence-corrected chi connectivity index (χ4v) is 4.45. The van der Waals surface area contributed by atoms with E-state index in [9.17, 15) is 8.42 Å². The van der Waals surface area contributed by atoms with Crippen molar-refractivity contribution in [2.24, 2.45) is 11.7 Å². The van der Waals surface area contributed by atoms with Gasteiger partial charge < -0.3 is 5.73 Å². The average Bonchev–Trinajstić information content (AvgIpc) is 2.52. The van der Waals surface area contributed by atoms with Gasteiger partial charge in [0.1, 0.15) is 0 Å². The lowest BCUT2D eigenvalue weighted by Crippen LogP contribution is -2.31. The van der Waals surface area contributed by atoms with E-state index >= 15 is 0 Å². The molecule has 0 amide bonds. The summed E-state index contributed by atoms with van der Waals surface area (Å²) in [7, 11) is -3.43. The Morgan fingerprint density at radius 3 is 2.52 bits per heavy atom. The number of thioether (sulfide) groups is 1. The van der Waals surface area contributed by atoms with Crippen molar-refractivity contribution in [1.82, 2.24) is 4.72 Å². The third-order valence-corrected chi connectivity index (χ3v) is 5.89. The van der Waals surface area contributed by atoms with Crippen LogP contribution in [-0.4, -0.2) is 33.0 Å². The fourth-order valence-electron chi connectivity index (χ4n) is 2.13. The Kier molecular flexibility index (Phi) is 6.12. The Bertz CT molecular complexity index is 609. The van der Waals surface area contributed by atoms with E-state index in [1.54, 1.807) is 24.3 Å². The molecule has 1 aromatic carbocycles. The molecule has 1 aromatic rings. The molecule has 1 fully saturated rings. The molecule has 1 aliphatic rings. The predicted molar refractivity (Wildman–Crippen MR) is 87.6 cm³/mol. The number of rotatable bonds is 4. The third kappa shape index (κ3) is 5.04. The number of hydrogen-bond acceptors (Lipinski definition) is 4. The van der Waals surface area contributed by atoms with Crippen LogP contribution in [0, 0.1) is 17.8 Å². The van der Waals surface area contributed by atoms with E-state index in [1.807, 2.05) is 11.8 Å². The molecule has 1 heterocycles. The highest BCUT2D eigenvalue weighted by Crippen LogP contribution is 2.22. The number of nitrogens with one attached hydrogen (secondary N) is 1. The summed E-state index contributed by atoms with van der Waals surface area (Å²) in [4.78, 5) is 0.283. The van der Waals surface area contributed by atoms with Gasteiger partial charge in [-0.2, -0.15) is 11.8 Å². The van der Waals surface area contributed by atoms with Gasteiger partial charge in [0, 0.05) is 12.1 Å². The summed E-state index contributed by atoms with van der Waals surface area (Å²) in [6.45, 7) is 0.818. The maximum absolute atomic E-state index is 12.2. The first-order valence-corrected chi connectivity index (χ1v) is 9.62. The van der Waals surface area contributed by atoms with Gasteiger partial charge in [-0.1, -0.05) is 11.8 Å². The van der Waals surface area contributed by atoms with E-state index in [1.165, 1.54) is 0 Å². The second-order valence-corrected chi connectivity index (χ2v) is 7.93. The van der Waals surface area contributed by atoms with Gasteiger partial charge in [-0.05, 0) is 54.5 Å². The summed E-state index contributed by atoms with van der Waals surface area (Å²) in [6.07, 6.45) is 2.17. The first-order chi connectivity index (χ1) is 10.1. The van der Waals surface area contributed by atoms with Gasteiger partial charge in [-0.15, -0.1) is 0 Å². The molecular weight excluding hydrogens is 304 g/mol. The third-order valence-electron chi connectivity index (χ3n) is 3.40. The van der Waals surface area contributed by atoms with Crippen molar-refractivity contribution in [2.45, 2.75) is 17.7 Å². The molecule has 0 spiro atoms. The molecule has 4 nitrogen and oxygen atoms in total. The van der Waals surface area contributed by atoms with E-state index < -0.39 is 10.0 Å². The molecule has 0 aliphatic carbocycles. The number of benzene rings is 1. The quantitative estimate of drug-likeness (QED) is 0.822. The van der Waals surface area contributed by atoms with E-state index in [0.717, 1.165) is 29.9 Å². The van der Waals surface area contributed by atoms with Crippen LogP contribution in [-0.2, 0) is 10.0 Å². The molecule has 0 atom stereocenters. The fraction of sp³-hybridized carbons (Fsp3) is 0.467. The molecule has 0 bridgehead atoms. The minimum absolute atomic E-state index is 0.283. The molecule has 3 N–H and O–H groups in total. The zero-order chi connectivity index (χ0) is 15.1. The highest BCUT2D eigenvalue weighted by molar-refractivity contribution is 7.99. The van der Waals surface area contributed by atoms with E-state index in [0.29, 0.717) is 19.0 Å². The molecule has 0 radical (unpaired) electrons. The molecule has 114 valence electrons. The molecule has 1 saturated heterocycles. The first-order valence-electron chi connectivity index (χ1n) is 6.98. The van der Waals surface area contributed by atoms with Crippen LogP contribution < -0.4 is 10.5 Å². The van der Waals surface area contributed by atoms with Crippen LogP contribution in [0.2, 0.25) is 0 Å². The van der Waals surface area contributed by atoms with Crippen molar-refractivity contribution >= 4 is 21.8 Å². The lowest BCUT2D eigenvalue weighted by Gasteiger charge is -2.21. The standard InChI is InChI=1S/C15H20N2O2S2/c16-9-1-2-13-3-5-15(6-4-13)21(18,19)17-12-14-7-10-20-11-8-14/h3-6,14,17H,7-12,16H2. The summed E-state index contributed by atoms with van der Waals surface area (Å²) >= 11 is 1.94. The van der Waals surface area contributed by atoms with Crippen molar-refractivity contribution in [3.05, 3.63) is 29.8 Å². The largest absolute Gasteiger partial charge is 0.320 e. The van der Waals surface area contributed by atoms with Crippen LogP contribution in [0.1, 0.15) is 18.4 Å². The zero-order valence-electron chi connectivity index (χ0n) is 11.8. The van der Waals surface area contributed by atoms with Crippen molar-refractivity contribution < 1.29 is 8.42 Å². The summed E-state index contributed by atoms with van der Waals surface area (Å²) in [5.41, 5.74) is 6.07. The molecular formula is C15H20N2O2S2. The Labute approximate surface area is 130 Å². The maximum Gasteiger partial charge on any atom is 0.240 e. The van der Waals surface area contributed by atoms with Gasteiger partial charge in [-0.3, -0.25) is 0 Å².